The average molecular weight is 503 g/mol. The standard InChI is InChI=1S/C16H19F6N7O3S/c1-5-29(6-2)11-7-10(27-33(30,32-22)14(17)18)9(8-12(11)31-4)23-25-15-26-24-13(28(15)3)16(19,20)21/h7-8,14H,5-6H2,1-4H3. The van der Waals surface area contributed by atoms with E-state index >= 15 is 0 Å². The zero-order valence-corrected chi connectivity index (χ0v) is 18.5. The van der Waals surface area contributed by atoms with E-state index < -0.39 is 39.4 Å². The molecule has 1 aromatic heterocycles. The average Bonchev–Trinajstić information content (AvgIpc) is 3.14. The molecule has 1 heterocycles. The van der Waals surface area contributed by atoms with E-state index in [1.54, 1.807) is 18.7 Å². The van der Waals surface area contributed by atoms with Crippen LogP contribution >= 0.6 is 0 Å². The molecule has 1 unspecified atom stereocenters. The molecular formula is C16H19F6N7O3S. The van der Waals surface area contributed by atoms with Crippen LogP contribution in [0.1, 0.15) is 19.7 Å². The molecule has 0 fully saturated rings. The molecule has 0 amide bonds. The van der Waals surface area contributed by atoms with Gasteiger partial charge in [-0.2, -0.15) is 26.3 Å². The van der Waals surface area contributed by atoms with E-state index in [1.165, 1.54) is 7.11 Å². The van der Waals surface area contributed by atoms with Crippen LogP contribution in [0.15, 0.2) is 26.7 Å². The third-order valence-corrected chi connectivity index (χ3v) is 5.36. The fourth-order valence-corrected chi connectivity index (χ4v) is 3.23. The molecule has 0 bridgehead atoms. The van der Waals surface area contributed by atoms with Gasteiger partial charge in [-0.3, -0.25) is 4.57 Å². The second kappa shape index (κ2) is 10.3. The van der Waals surface area contributed by atoms with Crippen molar-refractivity contribution in [3.8, 4) is 5.75 Å². The second-order valence-electron chi connectivity index (χ2n) is 6.20. The SMILES string of the molecule is CCN(CC)c1cc(N=S(=O)(OF)C(F)F)c(N=Nc2nnc(C(F)(F)F)n2C)cc1OC. The highest BCUT2D eigenvalue weighted by Gasteiger charge is 2.37. The Kier molecular flexibility index (Phi) is 8.23. The molecule has 184 valence electrons. The molecule has 0 radical (unpaired) electrons. The summed E-state index contributed by atoms with van der Waals surface area (Å²) in [6, 6.07) is 2.29. The van der Waals surface area contributed by atoms with Crippen LogP contribution in [0.3, 0.4) is 0 Å². The van der Waals surface area contributed by atoms with E-state index in [0.29, 0.717) is 23.3 Å². The number of aromatic nitrogens is 3. The van der Waals surface area contributed by atoms with Gasteiger partial charge in [-0.1, -0.05) is 4.39 Å². The Labute approximate surface area is 184 Å². The molecule has 0 saturated heterocycles. The maximum Gasteiger partial charge on any atom is 0.451 e. The third-order valence-electron chi connectivity index (χ3n) is 4.27. The highest BCUT2D eigenvalue weighted by atomic mass is 32.2. The van der Waals surface area contributed by atoms with Gasteiger partial charge in [0.25, 0.3) is 16.0 Å². The maximum atomic E-state index is 13.1. The van der Waals surface area contributed by atoms with Gasteiger partial charge in [-0.25, -0.2) is 4.21 Å². The van der Waals surface area contributed by atoms with Gasteiger partial charge >= 0.3 is 11.9 Å². The van der Waals surface area contributed by atoms with Crippen molar-refractivity contribution in [2.24, 2.45) is 21.6 Å². The van der Waals surface area contributed by atoms with Crippen LogP contribution in [0.2, 0.25) is 0 Å². The molecule has 0 N–H and O–H groups in total. The molecular weight excluding hydrogens is 484 g/mol. The van der Waals surface area contributed by atoms with Gasteiger partial charge < -0.3 is 9.64 Å². The van der Waals surface area contributed by atoms with E-state index in [9.17, 15) is 30.7 Å². The number of methoxy groups -OCH3 is 1. The normalized spacial score (nSPS) is 14.0. The Morgan fingerprint density at radius 2 is 1.79 bits per heavy atom. The number of hydrogen-bond donors (Lipinski definition) is 0. The quantitative estimate of drug-likeness (QED) is 0.342. The lowest BCUT2D eigenvalue weighted by Gasteiger charge is -2.24. The van der Waals surface area contributed by atoms with Gasteiger partial charge in [-0.15, -0.1) is 20.4 Å². The van der Waals surface area contributed by atoms with Crippen molar-refractivity contribution < 1.29 is 39.8 Å². The first-order valence-electron chi connectivity index (χ1n) is 9.11. The van der Waals surface area contributed by atoms with E-state index in [2.05, 4.69) is 29.2 Å². The number of anilines is 1. The molecule has 0 aliphatic carbocycles. The molecule has 17 heteroatoms. The number of nitrogens with zero attached hydrogens (tertiary/aromatic N) is 7. The van der Waals surface area contributed by atoms with Gasteiger partial charge in [-0.05, 0) is 24.4 Å². The van der Waals surface area contributed by atoms with Crippen LogP contribution in [-0.2, 0) is 27.6 Å². The Hall–Kier alpha value is -2.95. The van der Waals surface area contributed by atoms with Crippen molar-refractivity contribution in [1.82, 2.24) is 14.8 Å². The fourth-order valence-electron chi connectivity index (χ4n) is 2.65. The molecule has 1 aromatic carbocycles. The molecule has 0 spiro atoms. The monoisotopic (exact) mass is 503 g/mol. The van der Waals surface area contributed by atoms with Crippen LogP contribution < -0.4 is 9.64 Å². The Morgan fingerprint density at radius 1 is 1.15 bits per heavy atom. The van der Waals surface area contributed by atoms with Gasteiger partial charge in [0.2, 0.25) is 5.82 Å². The highest BCUT2D eigenvalue weighted by molar-refractivity contribution is 7.89. The molecule has 10 nitrogen and oxygen atoms in total. The van der Waals surface area contributed by atoms with E-state index in [0.717, 1.165) is 19.2 Å². The predicted octanol–water partition coefficient (Wildman–Crippen LogP) is 5.24. The van der Waals surface area contributed by atoms with Crippen molar-refractivity contribution in [1.29, 1.82) is 0 Å². The summed E-state index contributed by atoms with van der Waals surface area (Å²) in [5, 5.41) is 13.4. The van der Waals surface area contributed by atoms with Gasteiger partial charge in [0.15, 0.2) is 0 Å². The number of benzene rings is 1. The maximum absolute atomic E-state index is 13.1. The first-order valence-corrected chi connectivity index (χ1v) is 10.6. The molecule has 33 heavy (non-hydrogen) atoms. The number of alkyl halides is 5. The van der Waals surface area contributed by atoms with E-state index in [4.69, 9.17) is 4.74 Å². The summed E-state index contributed by atoms with van der Waals surface area (Å²) in [6.07, 6.45) is -4.81. The van der Waals surface area contributed by atoms with Gasteiger partial charge in [0.05, 0.1) is 12.8 Å². The molecule has 1 atom stereocenters. The van der Waals surface area contributed by atoms with E-state index in [1.807, 2.05) is 0 Å². The minimum atomic E-state index is -5.12. The number of halogens is 6. The summed E-state index contributed by atoms with van der Waals surface area (Å²) >= 11 is 0. The summed E-state index contributed by atoms with van der Waals surface area (Å²) in [7, 11) is -2.84. The summed E-state index contributed by atoms with van der Waals surface area (Å²) < 4.78 is 101. The number of rotatable bonds is 9. The van der Waals surface area contributed by atoms with Crippen molar-refractivity contribution in [3.63, 3.8) is 0 Å². The minimum absolute atomic E-state index is 0.158. The summed E-state index contributed by atoms with van der Waals surface area (Å²) in [5.41, 5.74) is -0.611. The van der Waals surface area contributed by atoms with Gasteiger partial charge in [0.1, 0.15) is 17.1 Å². The fraction of sp³-hybridized carbons (Fsp3) is 0.500. The summed E-state index contributed by atoms with van der Waals surface area (Å²) in [4.78, 5) is 1.72. The highest BCUT2D eigenvalue weighted by Crippen LogP contribution is 2.42. The number of hydrogen-bond acceptors (Lipinski definition) is 9. The molecule has 0 aliphatic heterocycles. The Balaban J connectivity index is 2.73. The molecule has 2 aromatic rings. The smallest absolute Gasteiger partial charge is 0.451 e. The van der Waals surface area contributed by atoms with Crippen molar-refractivity contribution >= 4 is 33.0 Å². The first-order chi connectivity index (χ1) is 15.4. The zero-order chi connectivity index (χ0) is 25.0. The molecule has 0 saturated carbocycles. The predicted molar refractivity (Wildman–Crippen MR) is 105 cm³/mol. The third kappa shape index (κ3) is 5.70. The van der Waals surface area contributed by atoms with E-state index in [-0.39, 0.29) is 11.4 Å². The van der Waals surface area contributed by atoms with Crippen LogP contribution in [-0.4, -0.2) is 44.9 Å². The van der Waals surface area contributed by atoms with Crippen molar-refractivity contribution in [2.75, 3.05) is 25.1 Å². The summed E-state index contributed by atoms with van der Waals surface area (Å²) in [6.45, 7) is 4.45. The largest absolute Gasteiger partial charge is 0.494 e. The molecule has 2 rings (SSSR count). The summed E-state index contributed by atoms with van der Waals surface area (Å²) in [5.74, 6) is -5.61. The minimum Gasteiger partial charge on any atom is -0.494 e. The van der Waals surface area contributed by atoms with Crippen LogP contribution in [0.5, 0.6) is 5.75 Å². The Bertz CT molecular complexity index is 1120. The lowest BCUT2D eigenvalue weighted by atomic mass is 10.2. The Morgan fingerprint density at radius 3 is 2.24 bits per heavy atom. The lowest BCUT2D eigenvalue weighted by Crippen LogP contribution is -2.22. The van der Waals surface area contributed by atoms with Crippen molar-refractivity contribution in [3.05, 3.63) is 18.0 Å². The topological polar surface area (TPSA) is 107 Å². The van der Waals surface area contributed by atoms with Crippen LogP contribution in [0.25, 0.3) is 0 Å². The number of ether oxygens (including phenoxy) is 1. The van der Waals surface area contributed by atoms with Gasteiger partial charge in [0, 0.05) is 26.2 Å². The first kappa shape index (κ1) is 26.3. The van der Waals surface area contributed by atoms with Crippen molar-refractivity contribution in [2.45, 2.75) is 25.8 Å². The molecule has 0 aliphatic rings. The lowest BCUT2D eigenvalue weighted by molar-refractivity contribution is -0.146. The number of azo groups is 1. The zero-order valence-electron chi connectivity index (χ0n) is 17.7. The van der Waals surface area contributed by atoms with Crippen LogP contribution in [0, 0.1) is 0 Å². The van der Waals surface area contributed by atoms with Crippen LogP contribution in [0.4, 0.5) is 49.5 Å². The second-order valence-corrected chi connectivity index (χ2v) is 7.89.